The number of hydrogen-bond donors (Lipinski definition) is 2. The number of anilines is 1. The SMILES string of the molecule is CCCCCNC(=O)Nc1ccc2ncc(-c3cncs3)nc2n1. The number of carbonyl (C=O) groups is 1. The summed E-state index contributed by atoms with van der Waals surface area (Å²) in [4.78, 5) is 30.1. The zero-order valence-corrected chi connectivity index (χ0v) is 14.1. The van der Waals surface area contributed by atoms with Gasteiger partial charge in [-0.05, 0) is 18.6 Å². The second-order valence-corrected chi connectivity index (χ2v) is 6.13. The van der Waals surface area contributed by atoms with E-state index in [0.717, 1.165) is 29.8 Å². The molecule has 3 aromatic heterocycles. The second-order valence-electron chi connectivity index (χ2n) is 5.25. The summed E-state index contributed by atoms with van der Waals surface area (Å²) >= 11 is 1.49. The van der Waals surface area contributed by atoms with Gasteiger partial charge in [-0.2, -0.15) is 0 Å². The van der Waals surface area contributed by atoms with Crippen LogP contribution in [0.25, 0.3) is 21.7 Å². The fourth-order valence-corrected chi connectivity index (χ4v) is 2.74. The maximum Gasteiger partial charge on any atom is 0.320 e. The molecule has 124 valence electrons. The number of carbonyl (C=O) groups excluding carboxylic acids is 1. The first kappa shape index (κ1) is 16.3. The largest absolute Gasteiger partial charge is 0.338 e. The van der Waals surface area contributed by atoms with Crippen molar-refractivity contribution in [3.8, 4) is 10.6 Å². The van der Waals surface area contributed by atoms with Crippen LogP contribution in [-0.2, 0) is 0 Å². The smallest absolute Gasteiger partial charge is 0.320 e. The first-order valence-electron chi connectivity index (χ1n) is 7.84. The number of nitrogens with zero attached hydrogens (tertiary/aromatic N) is 4. The summed E-state index contributed by atoms with van der Waals surface area (Å²) in [7, 11) is 0. The van der Waals surface area contributed by atoms with Crippen LogP contribution in [0.15, 0.2) is 30.0 Å². The highest BCUT2D eigenvalue weighted by Crippen LogP contribution is 2.22. The van der Waals surface area contributed by atoms with Crippen molar-refractivity contribution < 1.29 is 4.79 Å². The molecule has 0 aliphatic carbocycles. The molecule has 3 aromatic rings. The molecular formula is C16H18N6OS. The van der Waals surface area contributed by atoms with Crippen LogP contribution in [0, 0.1) is 0 Å². The second kappa shape index (κ2) is 7.78. The van der Waals surface area contributed by atoms with E-state index in [1.54, 1.807) is 30.0 Å². The van der Waals surface area contributed by atoms with E-state index in [9.17, 15) is 4.79 Å². The predicted molar refractivity (Wildman–Crippen MR) is 95.0 cm³/mol. The number of unbranched alkanes of at least 4 members (excludes halogenated alkanes) is 2. The van der Waals surface area contributed by atoms with Crippen LogP contribution in [0.5, 0.6) is 0 Å². The zero-order valence-electron chi connectivity index (χ0n) is 13.3. The van der Waals surface area contributed by atoms with Crippen molar-refractivity contribution in [1.82, 2.24) is 25.3 Å². The number of rotatable bonds is 6. The maximum atomic E-state index is 11.9. The Balaban J connectivity index is 1.71. The van der Waals surface area contributed by atoms with Crippen molar-refractivity contribution in [2.24, 2.45) is 0 Å². The molecule has 3 heterocycles. The standard InChI is InChI=1S/C16H18N6OS/c1-2-3-4-7-18-16(23)22-14-6-5-11-15(21-14)20-12(8-19-11)13-9-17-10-24-13/h5-6,8-10H,2-4,7H2,1H3,(H2,18,20,21,22,23). The van der Waals surface area contributed by atoms with Crippen LogP contribution >= 0.6 is 11.3 Å². The third-order valence-corrected chi connectivity index (χ3v) is 4.19. The average Bonchev–Trinajstić information content (AvgIpc) is 3.13. The lowest BCUT2D eigenvalue weighted by Crippen LogP contribution is -2.29. The third kappa shape index (κ3) is 4.02. The lowest BCUT2D eigenvalue weighted by molar-refractivity contribution is 0.252. The number of aromatic nitrogens is 4. The van der Waals surface area contributed by atoms with Gasteiger partial charge in [0.25, 0.3) is 0 Å². The Hall–Kier alpha value is -2.61. The molecule has 3 rings (SSSR count). The van der Waals surface area contributed by atoms with E-state index in [4.69, 9.17) is 0 Å². The van der Waals surface area contributed by atoms with Gasteiger partial charge in [-0.15, -0.1) is 11.3 Å². The molecule has 8 heteroatoms. The third-order valence-electron chi connectivity index (χ3n) is 3.40. The molecule has 0 atom stereocenters. The van der Waals surface area contributed by atoms with Gasteiger partial charge in [-0.1, -0.05) is 19.8 Å². The Labute approximate surface area is 143 Å². The summed E-state index contributed by atoms with van der Waals surface area (Å²) in [6, 6.07) is 3.25. The minimum Gasteiger partial charge on any atom is -0.338 e. The van der Waals surface area contributed by atoms with Gasteiger partial charge < -0.3 is 5.32 Å². The summed E-state index contributed by atoms with van der Waals surface area (Å²) < 4.78 is 0. The molecule has 2 amide bonds. The molecule has 0 saturated carbocycles. The molecule has 0 saturated heterocycles. The van der Waals surface area contributed by atoms with E-state index in [1.807, 2.05) is 0 Å². The van der Waals surface area contributed by atoms with Gasteiger partial charge in [-0.25, -0.2) is 14.8 Å². The van der Waals surface area contributed by atoms with Crippen LogP contribution in [0.3, 0.4) is 0 Å². The number of nitrogens with one attached hydrogen (secondary N) is 2. The van der Waals surface area contributed by atoms with Gasteiger partial charge in [0.05, 0.1) is 16.6 Å². The van der Waals surface area contributed by atoms with Crippen molar-refractivity contribution >= 4 is 34.3 Å². The average molecular weight is 342 g/mol. The number of hydrogen-bond acceptors (Lipinski definition) is 6. The van der Waals surface area contributed by atoms with E-state index in [1.165, 1.54) is 11.3 Å². The van der Waals surface area contributed by atoms with E-state index in [2.05, 4.69) is 37.5 Å². The van der Waals surface area contributed by atoms with Crippen LogP contribution in [0.2, 0.25) is 0 Å². The minimum absolute atomic E-state index is 0.260. The highest BCUT2D eigenvalue weighted by molar-refractivity contribution is 7.13. The molecule has 0 aromatic carbocycles. The Kier molecular flexibility index (Phi) is 5.27. The van der Waals surface area contributed by atoms with Crippen molar-refractivity contribution in [3.05, 3.63) is 30.0 Å². The fraction of sp³-hybridized carbons (Fsp3) is 0.312. The highest BCUT2D eigenvalue weighted by Gasteiger charge is 2.08. The predicted octanol–water partition coefficient (Wildman–Crippen LogP) is 3.46. The van der Waals surface area contributed by atoms with E-state index >= 15 is 0 Å². The minimum atomic E-state index is -0.260. The Morgan fingerprint density at radius 1 is 1.21 bits per heavy atom. The van der Waals surface area contributed by atoms with Gasteiger partial charge in [0.2, 0.25) is 0 Å². The first-order valence-corrected chi connectivity index (χ1v) is 8.71. The van der Waals surface area contributed by atoms with Gasteiger partial charge >= 0.3 is 6.03 Å². The molecule has 0 radical (unpaired) electrons. The van der Waals surface area contributed by atoms with Crippen LogP contribution < -0.4 is 10.6 Å². The summed E-state index contributed by atoms with van der Waals surface area (Å²) in [5.41, 5.74) is 3.63. The summed E-state index contributed by atoms with van der Waals surface area (Å²) in [6.07, 6.45) is 6.64. The molecule has 2 N–H and O–H groups in total. The molecular weight excluding hydrogens is 324 g/mol. The number of pyridine rings is 1. The Morgan fingerprint density at radius 3 is 2.92 bits per heavy atom. The zero-order chi connectivity index (χ0) is 16.8. The summed E-state index contributed by atoms with van der Waals surface area (Å²) in [5, 5.41) is 5.54. The highest BCUT2D eigenvalue weighted by atomic mass is 32.1. The maximum absolute atomic E-state index is 11.9. The van der Waals surface area contributed by atoms with Gasteiger partial charge in [0.1, 0.15) is 17.0 Å². The summed E-state index contributed by atoms with van der Waals surface area (Å²) in [6.45, 7) is 2.78. The number of urea groups is 1. The molecule has 0 spiro atoms. The number of fused-ring (bicyclic) bond motifs is 1. The normalized spacial score (nSPS) is 10.7. The van der Waals surface area contributed by atoms with Crippen LogP contribution in [0.4, 0.5) is 10.6 Å². The molecule has 24 heavy (non-hydrogen) atoms. The van der Waals surface area contributed by atoms with Crippen molar-refractivity contribution in [2.45, 2.75) is 26.2 Å². The lowest BCUT2D eigenvalue weighted by atomic mass is 10.2. The van der Waals surface area contributed by atoms with Gasteiger partial charge in [0, 0.05) is 12.7 Å². The number of amides is 2. The van der Waals surface area contributed by atoms with E-state index < -0.39 is 0 Å². The quantitative estimate of drug-likeness (QED) is 0.669. The molecule has 0 aliphatic rings. The van der Waals surface area contributed by atoms with Crippen molar-refractivity contribution in [1.29, 1.82) is 0 Å². The van der Waals surface area contributed by atoms with E-state index in [0.29, 0.717) is 23.5 Å². The summed E-state index contributed by atoms with van der Waals surface area (Å²) in [5.74, 6) is 0.450. The molecule has 7 nitrogen and oxygen atoms in total. The Morgan fingerprint density at radius 2 is 2.12 bits per heavy atom. The monoisotopic (exact) mass is 342 g/mol. The van der Waals surface area contributed by atoms with Crippen LogP contribution in [0.1, 0.15) is 26.2 Å². The van der Waals surface area contributed by atoms with Crippen LogP contribution in [-0.4, -0.2) is 32.5 Å². The van der Waals surface area contributed by atoms with Crippen molar-refractivity contribution in [3.63, 3.8) is 0 Å². The van der Waals surface area contributed by atoms with Gasteiger partial charge in [-0.3, -0.25) is 15.3 Å². The lowest BCUT2D eigenvalue weighted by Gasteiger charge is -2.07. The molecule has 0 bridgehead atoms. The van der Waals surface area contributed by atoms with Crippen molar-refractivity contribution in [2.75, 3.05) is 11.9 Å². The fourth-order valence-electron chi connectivity index (χ4n) is 2.17. The number of thiazole rings is 1. The first-order chi connectivity index (χ1) is 11.8. The Bertz CT molecular complexity index is 821. The molecule has 0 unspecified atom stereocenters. The molecule has 0 aliphatic heterocycles. The topological polar surface area (TPSA) is 92.7 Å². The molecule has 0 fully saturated rings. The van der Waals surface area contributed by atoms with E-state index in [-0.39, 0.29) is 6.03 Å². The van der Waals surface area contributed by atoms with Gasteiger partial charge in [0.15, 0.2) is 5.65 Å².